The third kappa shape index (κ3) is 2.99. The minimum atomic E-state index is -0.518. The van der Waals surface area contributed by atoms with E-state index in [1.165, 1.54) is 0 Å². The molecule has 1 N–H and O–H groups in total. The van der Waals surface area contributed by atoms with Gasteiger partial charge in [0.15, 0.2) is 17.6 Å². The zero-order valence-corrected chi connectivity index (χ0v) is 13.6. The van der Waals surface area contributed by atoms with Crippen molar-refractivity contribution in [1.29, 1.82) is 0 Å². The molecule has 0 aliphatic carbocycles. The van der Waals surface area contributed by atoms with Gasteiger partial charge in [0.2, 0.25) is 0 Å². The van der Waals surface area contributed by atoms with Crippen LogP contribution in [0, 0.1) is 0 Å². The lowest BCUT2D eigenvalue weighted by Crippen LogP contribution is -2.37. The number of ether oxygens (including phenoxy) is 3. The van der Waals surface area contributed by atoms with Crippen LogP contribution in [-0.4, -0.2) is 25.2 Å². The van der Waals surface area contributed by atoms with Crippen molar-refractivity contribution in [2.75, 3.05) is 13.2 Å². The molecule has 2 aromatic rings. The number of fused-ring (bicyclic) bond motifs is 2. The first kappa shape index (κ1) is 15.1. The highest BCUT2D eigenvalue weighted by Gasteiger charge is 2.29. The fourth-order valence-corrected chi connectivity index (χ4v) is 3.06. The maximum absolute atomic E-state index is 12.3. The monoisotopic (exact) mass is 345 g/mol. The molecule has 5 nitrogen and oxygen atoms in total. The van der Waals surface area contributed by atoms with Crippen LogP contribution in [0.15, 0.2) is 36.4 Å². The molecule has 0 saturated carbocycles. The largest absolute Gasteiger partial charge is 0.486 e. The first-order valence-corrected chi connectivity index (χ1v) is 8.18. The second-order valence-corrected chi connectivity index (χ2v) is 6.19. The lowest BCUT2D eigenvalue weighted by atomic mass is 10.1. The highest BCUT2D eigenvalue weighted by Crippen LogP contribution is 2.32. The molecule has 1 atom stereocenters. The van der Waals surface area contributed by atoms with Gasteiger partial charge in [0.1, 0.15) is 19.0 Å². The van der Waals surface area contributed by atoms with Crippen LogP contribution in [0.5, 0.6) is 17.2 Å². The molecule has 0 aromatic heterocycles. The Morgan fingerprint density at radius 1 is 1.08 bits per heavy atom. The van der Waals surface area contributed by atoms with E-state index < -0.39 is 6.10 Å². The fourth-order valence-electron chi connectivity index (χ4n) is 2.86. The Morgan fingerprint density at radius 3 is 2.75 bits per heavy atom. The average molecular weight is 346 g/mol. The summed E-state index contributed by atoms with van der Waals surface area (Å²) in [6.07, 6.45) is 0.0127. The molecule has 1 unspecified atom stereocenters. The maximum atomic E-state index is 12.3. The van der Waals surface area contributed by atoms with E-state index in [0.717, 1.165) is 22.6 Å². The summed E-state index contributed by atoms with van der Waals surface area (Å²) < 4.78 is 16.7. The molecule has 2 heterocycles. The Bertz CT molecular complexity index is 793. The summed E-state index contributed by atoms with van der Waals surface area (Å²) >= 11 is 5.97. The van der Waals surface area contributed by atoms with Gasteiger partial charge in [-0.25, -0.2) is 0 Å². The average Bonchev–Trinajstić information content (AvgIpc) is 3.02. The van der Waals surface area contributed by atoms with E-state index in [4.69, 9.17) is 25.8 Å². The lowest BCUT2D eigenvalue weighted by Gasteiger charge is -2.19. The summed E-state index contributed by atoms with van der Waals surface area (Å²) in [6.45, 7) is 1.51. The van der Waals surface area contributed by atoms with Gasteiger partial charge in [-0.15, -0.1) is 0 Å². The Balaban J connectivity index is 1.37. The van der Waals surface area contributed by atoms with Crippen LogP contribution in [0.2, 0.25) is 5.02 Å². The van der Waals surface area contributed by atoms with Crippen LogP contribution in [0.3, 0.4) is 0 Å². The smallest absolute Gasteiger partial charge is 0.261 e. The first-order chi connectivity index (χ1) is 11.7. The zero-order chi connectivity index (χ0) is 16.5. The van der Waals surface area contributed by atoms with Crippen molar-refractivity contribution in [3.63, 3.8) is 0 Å². The Kier molecular flexibility index (Phi) is 3.94. The molecule has 6 heteroatoms. The van der Waals surface area contributed by atoms with E-state index in [0.29, 0.717) is 37.0 Å². The molecule has 124 valence electrons. The molecule has 2 aliphatic heterocycles. The summed E-state index contributed by atoms with van der Waals surface area (Å²) in [5.74, 6) is 2.03. The summed E-state index contributed by atoms with van der Waals surface area (Å²) in [5, 5.41) is 3.55. The Morgan fingerprint density at radius 2 is 1.88 bits per heavy atom. The standard InChI is InChI=1S/C18H16ClNO4/c19-13-2-4-14-12(8-13)9-17(24-14)18(21)20-10-11-1-3-15-16(7-11)23-6-5-22-15/h1-4,7-8,17H,5-6,9-10H2,(H,20,21). The number of benzene rings is 2. The van der Waals surface area contributed by atoms with Crippen molar-refractivity contribution >= 4 is 17.5 Å². The fraction of sp³-hybridized carbons (Fsp3) is 0.278. The number of rotatable bonds is 3. The van der Waals surface area contributed by atoms with Gasteiger partial charge in [-0.3, -0.25) is 4.79 Å². The highest BCUT2D eigenvalue weighted by molar-refractivity contribution is 6.30. The molecule has 2 aromatic carbocycles. The van der Waals surface area contributed by atoms with Crippen molar-refractivity contribution < 1.29 is 19.0 Å². The van der Waals surface area contributed by atoms with Crippen molar-refractivity contribution in [1.82, 2.24) is 5.32 Å². The Hall–Kier alpha value is -2.40. The van der Waals surface area contributed by atoms with Gasteiger partial charge in [-0.1, -0.05) is 17.7 Å². The van der Waals surface area contributed by atoms with Gasteiger partial charge in [0.05, 0.1) is 0 Å². The van der Waals surface area contributed by atoms with Crippen molar-refractivity contribution in [3.8, 4) is 17.2 Å². The van der Waals surface area contributed by atoms with Gasteiger partial charge >= 0.3 is 0 Å². The van der Waals surface area contributed by atoms with Gasteiger partial charge < -0.3 is 19.5 Å². The van der Waals surface area contributed by atoms with Crippen molar-refractivity contribution in [3.05, 3.63) is 52.5 Å². The number of amides is 1. The summed E-state index contributed by atoms with van der Waals surface area (Å²) in [6, 6.07) is 11.1. The van der Waals surface area contributed by atoms with Crippen molar-refractivity contribution in [2.24, 2.45) is 0 Å². The second kappa shape index (κ2) is 6.24. The van der Waals surface area contributed by atoms with Crippen LogP contribution in [0.25, 0.3) is 0 Å². The minimum Gasteiger partial charge on any atom is -0.486 e. The van der Waals surface area contributed by atoms with E-state index in [9.17, 15) is 4.79 Å². The SMILES string of the molecule is O=C(NCc1ccc2c(c1)OCCO2)C1Cc2cc(Cl)ccc2O1. The van der Waals surface area contributed by atoms with Crippen LogP contribution in [0.1, 0.15) is 11.1 Å². The van der Waals surface area contributed by atoms with Crippen LogP contribution in [0.4, 0.5) is 0 Å². The molecule has 1 amide bonds. The Labute approximate surface area is 144 Å². The molecule has 0 bridgehead atoms. The van der Waals surface area contributed by atoms with Gasteiger partial charge in [0.25, 0.3) is 5.91 Å². The number of hydrogen-bond donors (Lipinski definition) is 1. The predicted molar refractivity (Wildman–Crippen MR) is 88.9 cm³/mol. The summed E-state index contributed by atoms with van der Waals surface area (Å²) in [5.41, 5.74) is 1.91. The number of carbonyl (C=O) groups excluding carboxylic acids is 1. The van der Waals surface area contributed by atoms with E-state index in [1.807, 2.05) is 24.3 Å². The topological polar surface area (TPSA) is 56.8 Å². The molecule has 0 radical (unpaired) electrons. The number of nitrogens with one attached hydrogen (secondary N) is 1. The molecule has 24 heavy (non-hydrogen) atoms. The van der Waals surface area contributed by atoms with E-state index in [-0.39, 0.29) is 5.91 Å². The van der Waals surface area contributed by atoms with Gasteiger partial charge in [-0.05, 0) is 41.5 Å². The molecule has 0 saturated heterocycles. The molecule has 2 aliphatic rings. The number of carbonyl (C=O) groups is 1. The first-order valence-electron chi connectivity index (χ1n) is 7.80. The van der Waals surface area contributed by atoms with Crippen molar-refractivity contribution in [2.45, 2.75) is 19.1 Å². The maximum Gasteiger partial charge on any atom is 0.261 e. The van der Waals surface area contributed by atoms with E-state index in [2.05, 4.69) is 5.32 Å². The number of halogens is 1. The van der Waals surface area contributed by atoms with Crippen LogP contribution >= 0.6 is 11.6 Å². The molecule has 0 spiro atoms. The lowest BCUT2D eigenvalue weighted by molar-refractivity contribution is -0.127. The minimum absolute atomic E-state index is 0.141. The third-order valence-electron chi connectivity index (χ3n) is 4.06. The summed E-state index contributed by atoms with van der Waals surface area (Å²) in [4.78, 5) is 12.3. The normalized spacial score (nSPS) is 17.8. The molecule has 0 fully saturated rings. The molecular formula is C18H16ClNO4. The van der Waals surface area contributed by atoms with Gasteiger partial charge in [0, 0.05) is 18.0 Å². The molecule has 4 rings (SSSR count). The third-order valence-corrected chi connectivity index (χ3v) is 4.30. The quantitative estimate of drug-likeness (QED) is 0.929. The summed E-state index contributed by atoms with van der Waals surface area (Å²) in [7, 11) is 0. The molecular weight excluding hydrogens is 330 g/mol. The van der Waals surface area contributed by atoms with E-state index in [1.54, 1.807) is 12.1 Å². The van der Waals surface area contributed by atoms with Gasteiger partial charge in [-0.2, -0.15) is 0 Å². The van der Waals surface area contributed by atoms with Crippen LogP contribution in [-0.2, 0) is 17.8 Å². The predicted octanol–water partition coefficient (Wildman–Crippen LogP) is 2.73. The highest BCUT2D eigenvalue weighted by atomic mass is 35.5. The van der Waals surface area contributed by atoms with E-state index >= 15 is 0 Å². The zero-order valence-electron chi connectivity index (χ0n) is 12.9. The second-order valence-electron chi connectivity index (χ2n) is 5.76. The van der Waals surface area contributed by atoms with Crippen LogP contribution < -0.4 is 19.5 Å². The number of hydrogen-bond acceptors (Lipinski definition) is 4.